The van der Waals surface area contributed by atoms with Crippen molar-refractivity contribution in [1.82, 2.24) is 9.88 Å². The zero-order valence-corrected chi connectivity index (χ0v) is 19.1. The van der Waals surface area contributed by atoms with Crippen LogP contribution in [0.5, 0.6) is 5.75 Å². The van der Waals surface area contributed by atoms with Crippen molar-refractivity contribution in [3.63, 3.8) is 0 Å². The molecule has 3 aromatic rings. The minimum Gasteiger partial charge on any atom is -0.494 e. The summed E-state index contributed by atoms with van der Waals surface area (Å²) in [6.45, 7) is 0.977. The van der Waals surface area contributed by atoms with Gasteiger partial charge >= 0.3 is 0 Å². The summed E-state index contributed by atoms with van der Waals surface area (Å²) >= 11 is 13.7. The summed E-state index contributed by atoms with van der Waals surface area (Å²) in [5.41, 5.74) is 0.794. The molecule has 29 heavy (non-hydrogen) atoms. The molecule has 10 heteroatoms. The number of halogens is 4. The predicted octanol–water partition coefficient (Wildman–Crippen LogP) is 5.38. The molecule has 1 aromatic heterocycles. The zero-order chi connectivity index (χ0) is 20.4. The van der Waals surface area contributed by atoms with E-state index >= 15 is 0 Å². The number of carbonyl (C=O) groups is 1. The van der Waals surface area contributed by atoms with Gasteiger partial charge in [-0.05, 0) is 44.4 Å². The number of likely N-dealkylation sites (N-methyl/N-ethyl adjacent to an activating group) is 1. The van der Waals surface area contributed by atoms with Crippen LogP contribution in [-0.4, -0.2) is 50.1 Å². The molecule has 1 heterocycles. The van der Waals surface area contributed by atoms with Gasteiger partial charge in [0.05, 0.1) is 27.4 Å². The average Bonchev–Trinajstić information content (AvgIpc) is 3.08. The van der Waals surface area contributed by atoms with Crippen LogP contribution in [0.25, 0.3) is 10.2 Å². The maximum absolute atomic E-state index is 13.4. The molecule has 0 fully saturated rings. The standard InChI is InChI=1S/C19H18Cl2FN3O2S.ClH/c1-24(2)8-9-25(18(26)12-5-4-11(22)10-14(12)21)19-23-16-15(27-3)7-6-13(20)17(16)28-19;/h4-7,10H,8-9H2,1-3H3;1H. The average molecular weight is 479 g/mol. The first-order valence-electron chi connectivity index (χ1n) is 8.36. The largest absolute Gasteiger partial charge is 0.494 e. The Morgan fingerprint density at radius 1 is 1.17 bits per heavy atom. The normalized spacial score (nSPS) is 10.9. The first-order valence-corrected chi connectivity index (χ1v) is 9.93. The number of benzene rings is 2. The SMILES string of the molecule is COc1ccc(Cl)c2sc(N(CCN(C)C)C(=O)c3ccc(F)cc3Cl)nc12.Cl. The molecule has 0 atom stereocenters. The molecule has 0 saturated heterocycles. The van der Waals surface area contributed by atoms with Gasteiger partial charge in [0.15, 0.2) is 5.13 Å². The summed E-state index contributed by atoms with van der Waals surface area (Å²) in [5.74, 6) is -0.291. The zero-order valence-electron chi connectivity index (χ0n) is 15.9. The number of rotatable bonds is 6. The van der Waals surface area contributed by atoms with Crippen LogP contribution in [0.2, 0.25) is 10.0 Å². The smallest absolute Gasteiger partial charge is 0.261 e. The van der Waals surface area contributed by atoms with Crippen molar-refractivity contribution in [2.45, 2.75) is 0 Å². The monoisotopic (exact) mass is 477 g/mol. The second kappa shape index (κ2) is 9.91. The molecular formula is C19H19Cl3FN3O2S. The van der Waals surface area contributed by atoms with E-state index in [1.165, 1.54) is 28.4 Å². The molecule has 2 aromatic carbocycles. The Labute approximate surface area is 188 Å². The number of hydrogen-bond acceptors (Lipinski definition) is 5. The number of ether oxygens (including phenoxy) is 1. The molecule has 0 aliphatic carbocycles. The van der Waals surface area contributed by atoms with Crippen LogP contribution in [0.3, 0.4) is 0 Å². The molecule has 0 radical (unpaired) electrons. The van der Waals surface area contributed by atoms with E-state index in [9.17, 15) is 9.18 Å². The molecule has 0 aliphatic rings. The van der Waals surface area contributed by atoms with Crippen molar-refractivity contribution in [3.05, 3.63) is 51.8 Å². The van der Waals surface area contributed by atoms with Gasteiger partial charge in [-0.15, -0.1) is 12.4 Å². The molecule has 1 amide bonds. The van der Waals surface area contributed by atoms with Crippen LogP contribution in [-0.2, 0) is 0 Å². The highest BCUT2D eigenvalue weighted by Crippen LogP contribution is 2.39. The highest BCUT2D eigenvalue weighted by molar-refractivity contribution is 7.23. The van der Waals surface area contributed by atoms with Gasteiger partial charge in [0.25, 0.3) is 5.91 Å². The van der Waals surface area contributed by atoms with E-state index in [0.29, 0.717) is 34.5 Å². The topological polar surface area (TPSA) is 45.7 Å². The Kier molecular flexibility index (Phi) is 8.08. The van der Waals surface area contributed by atoms with Crippen LogP contribution in [0.15, 0.2) is 30.3 Å². The van der Waals surface area contributed by atoms with Gasteiger partial charge in [0.1, 0.15) is 17.1 Å². The highest BCUT2D eigenvalue weighted by atomic mass is 35.5. The number of anilines is 1. The summed E-state index contributed by atoms with van der Waals surface area (Å²) < 4.78 is 19.5. The predicted molar refractivity (Wildman–Crippen MR) is 120 cm³/mol. The fourth-order valence-corrected chi connectivity index (χ4v) is 4.14. The van der Waals surface area contributed by atoms with Gasteiger partial charge in [-0.1, -0.05) is 34.5 Å². The van der Waals surface area contributed by atoms with Crippen LogP contribution >= 0.6 is 46.9 Å². The third-order valence-corrected chi connectivity index (χ3v) is 5.93. The number of amides is 1. The number of methoxy groups -OCH3 is 1. The molecule has 156 valence electrons. The summed E-state index contributed by atoms with van der Waals surface area (Å²) in [6.07, 6.45) is 0. The Morgan fingerprint density at radius 3 is 2.52 bits per heavy atom. The van der Waals surface area contributed by atoms with Crippen LogP contribution < -0.4 is 9.64 Å². The molecular weight excluding hydrogens is 460 g/mol. The number of hydrogen-bond donors (Lipinski definition) is 0. The lowest BCUT2D eigenvalue weighted by Crippen LogP contribution is -2.36. The molecule has 0 spiro atoms. The number of fused-ring (bicyclic) bond motifs is 1. The van der Waals surface area contributed by atoms with Crippen molar-refractivity contribution in [3.8, 4) is 5.75 Å². The number of carbonyl (C=O) groups excluding carboxylic acids is 1. The summed E-state index contributed by atoms with van der Waals surface area (Å²) in [4.78, 5) is 21.3. The number of aromatic nitrogens is 1. The highest BCUT2D eigenvalue weighted by Gasteiger charge is 2.25. The number of thiazole rings is 1. The van der Waals surface area contributed by atoms with Gasteiger partial charge in [-0.2, -0.15) is 0 Å². The molecule has 0 saturated carbocycles. The van der Waals surface area contributed by atoms with E-state index in [-0.39, 0.29) is 28.9 Å². The van der Waals surface area contributed by atoms with Gasteiger partial charge < -0.3 is 9.64 Å². The fraction of sp³-hybridized carbons (Fsp3) is 0.263. The lowest BCUT2D eigenvalue weighted by atomic mass is 10.2. The molecule has 0 aliphatic heterocycles. The minimum absolute atomic E-state index is 0. The van der Waals surface area contributed by atoms with E-state index in [1.807, 2.05) is 19.0 Å². The summed E-state index contributed by atoms with van der Waals surface area (Å²) in [5, 5.41) is 1.05. The van der Waals surface area contributed by atoms with Crippen molar-refractivity contribution >= 4 is 68.2 Å². The second-order valence-electron chi connectivity index (χ2n) is 6.31. The van der Waals surface area contributed by atoms with Crippen LogP contribution in [0.1, 0.15) is 10.4 Å². The van der Waals surface area contributed by atoms with Gasteiger partial charge in [0.2, 0.25) is 0 Å². The van der Waals surface area contributed by atoms with Crippen molar-refractivity contribution in [2.24, 2.45) is 0 Å². The Hall–Kier alpha value is -1.64. The lowest BCUT2D eigenvalue weighted by molar-refractivity contribution is 0.0985. The van der Waals surface area contributed by atoms with E-state index in [4.69, 9.17) is 27.9 Å². The van der Waals surface area contributed by atoms with Crippen LogP contribution in [0, 0.1) is 5.82 Å². The second-order valence-corrected chi connectivity index (χ2v) is 8.10. The van der Waals surface area contributed by atoms with E-state index < -0.39 is 5.82 Å². The molecule has 0 unspecified atom stereocenters. The summed E-state index contributed by atoms with van der Waals surface area (Å²) in [6, 6.07) is 7.17. The maximum Gasteiger partial charge on any atom is 0.261 e. The Bertz CT molecular complexity index is 1030. The van der Waals surface area contributed by atoms with E-state index in [1.54, 1.807) is 19.2 Å². The molecule has 5 nitrogen and oxygen atoms in total. The van der Waals surface area contributed by atoms with Crippen molar-refractivity contribution < 1.29 is 13.9 Å². The lowest BCUT2D eigenvalue weighted by Gasteiger charge is -2.22. The summed E-state index contributed by atoms with van der Waals surface area (Å²) in [7, 11) is 5.37. The number of nitrogens with zero attached hydrogens (tertiary/aromatic N) is 3. The van der Waals surface area contributed by atoms with E-state index in [0.717, 1.165) is 10.8 Å². The fourth-order valence-electron chi connectivity index (χ4n) is 2.61. The van der Waals surface area contributed by atoms with Gasteiger partial charge in [-0.3, -0.25) is 9.69 Å². The molecule has 0 N–H and O–H groups in total. The molecule has 0 bridgehead atoms. The Morgan fingerprint density at radius 2 is 1.90 bits per heavy atom. The first kappa shape index (κ1) is 23.6. The van der Waals surface area contributed by atoms with Crippen LogP contribution in [0.4, 0.5) is 9.52 Å². The van der Waals surface area contributed by atoms with Gasteiger partial charge in [0, 0.05) is 13.1 Å². The maximum atomic E-state index is 13.4. The minimum atomic E-state index is -0.502. The Balaban J connectivity index is 0.00000300. The quantitative estimate of drug-likeness (QED) is 0.477. The first-order chi connectivity index (χ1) is 13.3. The van der Waals surface area contributed by atoms with Crippen molar-refractivity contribution in [1.29, 1.82) is 0 Å². The third-order valence-electron chi connectivity index (χ3n) is 4.08. The van der Waals surface area contributed by atoms with Gasteiger partial charge in [-0.25, -0.2) is 9.37 Å². The third kappa shape index (κ3) is 5.10. The van der Waals surface area contributed by atoms with Crippen molar-refractivity contribution in [2.75, 3.05) is 39.2 Å². The molecule has 3 rings (SSSR count). The van der Waals surface area contributed by atoms with E-state index in [2.05, 4.69) is 4.98 Å².